The highest BCUT2D eigenvalue weighted by Gasteiger charge is 2.32. The zero-order chi connectivity index (χ0) is 17.9. The van der Waals surface area contributed by atoms with E-state index >= 15 is 0 Å². The minimum absolute atomic E-state index is 0.0455. The molecule has 0 spiro atoms. The lowest BCUT2D eigenvalue weighted by atomic mass is 9.91. The molecule has 1 atom stereocenters. The lowest BCUT2D eigenvalue weighted by Gasteiger charge is -2.33. The van der Waals surface area contributed by atoms with E-state index in [1.165, 1.54) is 0 Å². The first-order chi connectivity index (χ1) is 12.7. The fourth-order valence-electron chi connectivity index (χ4n) is 3.68. The Morgan fingerprint density at radius 3 is 3.00 bits per heavy atom. The summed E-state index contributed by atoms with van der Waals surface area (Å²) in [4.78, 5) is 38.2. The van der Waals surface area contributed by atoms with E-state index in [4.69, 9.17) is 0 Å². The zero-order valence-electron chi connectivity index (χ0n) is 14.6. The highest BCUT2D eigenvalue weighted by molar-refractivity contribution is 8.16. The summed E-state index contributed by atoms with van der Waals surface area (Å²) in [6, 6.07) is 5.38. The van der Waals surface area contributed by atoms with Crippen molar-refractivity contribution < 1.29 is 9.59 Å². The van der Waals surface area contributed by atoms with E-state index in [2.05, 4.69) is 14.9 Å². The monoisotopic (exact) mass is 370 g/mol. The van der Waals surface area contributed by atoms with Gasteiger partial charge in [-0.1, -0.05) is 17.8 Å². The lowest BCUT2D eigenvalue weighted by Crippen LogP contribution is -2.43. The predicted molar refractivity (Wildman–Crippen MR) is 102 cm³/mol. The molecule has 0 bridgehead atoms. The second-order valence-electron chi connectivity index (χ2n) is 6.83. The molecule has 6 nitrogen and oxygen atoms in total. The summed E-state index contributed by atoms with van der Waals surface area (Å²) in [5, 5.41) is 3.06. The predicted octanol–water partition coefficient (Wildman–Crippen LogP) is 2.54. The van der Waals surface area contributed by atoms with Gasteiger partial charge in [0.15, 0.2) is 11.0 Å². The number of aliphatic imine (C=N–C) groups is 1. The fraction of sp³-hybridized carbons (Fsp3) is 0.474. The molecule has 4 rings (SSSR count). The van der Waals surface area contributed by atoms with Crippen LogP contribution in [-0.2, 0) is 4.79 Å². The first kappa shape index (κ1) is 17.3. The Morgan fingerprint density at radius 2 is 2.15 bits per heavy atom. The normalized spacial score (nSPS) is 22.5. The molecule has 26 heavy (non-hydrogen) atoms. The highest BCUT2D eigenvalue weighted by atomic mass is 32.2. The highest BCUT2D eigenvalue weighted by Crippen LogP contribution is 2.31. The molecule has 3 aliphatic rings. The molecule has 0 aromatic carbocycles. The van der Waals surface area contributed by atoms with Crippen molar-refractivity contribution in [2.75, 3.05) is 26.2 Å². The Labute approximate surface area is 157 Å². The van der Waals surface area contributed by atoms with E-state index in [-0.39, 0.29) is 17.6 Å². The Bertz CT molecular complexity index is 762. The van der Waals surface area contributed by atoms with Crippen LogP contribution in [0.5, 0.6) is 0 Å². The van der Waals surface area contributed by atoms with Gasteiger partial charge in [0.2, 0.25) is 5.91 Å². The number of amides is 1. The number of likely N-dealkylation sites (tertiary alicyclic amines) is 1. The van der Waals surface area contributed by atoms with Crippen LogP contribution >= 0.6 is 11.8 Å². The second kappa shape index (κ2) is 7.61. The molecule has 4 heterocycles. The number of Topliss-reactive ketones (excluding diaryl/α,β-unsaturated/α-hetero) is 1. The van der Waals surface area contributed by atoms with Gasteiger partial charge in [0.25, 0.3) is 0 Å². The van der Waals surface area contributed by atoms with Crippen LogP contribution in [0, 0.1) is 5.92 Å². The number of fused-ring (bicyclic) bond motifs is 1. The van der Waals surface area contributed by atoms with Crippen molar-refractivity contribution in [2.45, 2.75) is 25.7 Å². The van der Waals surface area contributed by atoms with E-state index in [0.717, 1.165) is 49.8 Å². The van der Waals surface area contributed by atoms with Gasteiger partial charge < -0.3 is 9.80 Å². The molecule has 1 aromatic rings. The van der Waals surface area contributed by atoms with Crippen LogP contribution in [0.4, 0.5) is 0 Å². The van der Waals surface area contributed by atoms with Crippen LogP contribution < -0.4 is 0 Å². The third kappa shape index (κ3) is 3.53. The lowest BCUT2D eigenvalue weighted by molar-refractivity contribution is -0.132. The van der Waals surface area contributed by atoms with Crippen molar-refractivity contribution in [1.82, 2.24) is 14.8 Å². The fourth-order valence-corrected chi connectivity index (χ4v) is 4.63. The van der Waals surface area contributed by atoms with Crippen molar-refractivity contribution in [2.24, 2.45) is 10.9 Å². The first-order valence-electron chi connectivity index (χ1n) is 9.13. The standard InChI is InChI=1S/C19H22N4O2S/c24-17(11-15-13-26-19-21-8-4-10-23(15)19)22-9-3-5-14(12-22)18(25)16-6-1-2-7-20-16/h1-2,6-7,13-14H,3-5,8-12H2. The number of pyridine rings is 1. The van der Waals surface area contributed by atoms with Gasteiger partial charge in [-0.3, -0.25) is 19.6 Å². The maximum atomic E-state index is 12.8. The van der Waals surface area contributed by atoms with Crippen molar-refractivity contribution in [1.29, 1.82) is 0 Å². The number of aromatic nitrogens is 1. The van der Waals surface area contributed by atoms with Gasteiger partial charge in [0, 0.05) is 44.0 Å². The van der Waals surface area contributed by atoms with Crippen LogP contribution in [0.2, 0.25) is 0 Å². The summed E-state index contributed by atoms with van der Waals surface area (Å²) in [5.74, 6) is -0.00646. The number of ketones is 1. The number of hydrogen-bond donors (Lipinski definition) is 0. The quantitative estimate of drug-likeness (QED) is 0.762. The average molecular weight is 370 g/mol. The van der Waals surface area contributed by atoms with Crippen molar-refractivity contribution in [3.8, 4) is 0 Å². The molecule has 3 aliphatic heterocycles. The molecule has 0 saturated carbocycles. The van der Waals surface area contributed by atoms with Crippen LogP contribution in [0.15, 0.2) is 40.5 Å². The van der Waals surface area contributed by atoms with Crippen LogP contribution in [0.25, 0.3) is 0 Å². The van der Waals surface area contributed by atoms with Gasteiger partial charge in [-0.25, -0.2) is 0 Å². The SMILES string of the molecule is O=C(c1ccccn1)C1CCCN(C(=O)CC2=CSC3=NCCCN23)C1. The van der Waals surface area contributed by atoms with E-state index in [1.807, 2.05) is 16.4 Å². The summed E-state index contributed by atoms with van der Waals surface area (Å²) in [6.45, 7) is 3.03. The van der Waals surface area contributed by atoms with Gasteiger partial charge in [-0.2, -0.15) is 0 Å². The summed E-state index contributed by atoms with van der Waals surface area (Å²) < 4.78 is 0. The molecule has 1 amide bonds. The third-order valence-electron chi connectivity index (χ3n) is 5.06. The average Bonchev–Trinajstić information content (AvgIpc) is 3.11. The number of nitrogens with zero attached hydrogens (tertiary/aromatic N) is 4. The Hall–Kier alpha value is -2.15. The number of rotatable bonds is 4. The molecule has 7 heteroatoms. The maximum absolute atomic E-state index is 12.8. The van der Waals surface area contributed by atoms with Gasteiger partial charge >= 0.3 is 0 Å². The number of piperidine rings is 1. The Kier molecular flexibility index (Phi) is 5.06. The van der Waals surface area contributed by atoms with Crippen molar-refractivity contribution in [3.05, 3.63) is 41.2 Å². The molecule has 0 N–H and O–H groups in total. The van der Waals surface area contributed by atoms with E-state index in [1.54, 1.807) is 30.1 Å². The van der Waals surface area contributed by atoms with Crippen molar-refractivity contribution >= 4 is 28.6 Å². The maximum Gasteiger partial charge on any atom is 0.228 e. The van der Waals surface area contributed by atoms with Gasteiger partial charge in [0.05, 0.1) is 6.42 Å². The molecule has 1 unspecified atom stereocenters. The molecular weight excluding hydrogens is 348 g/mol. The molecule has 1 fully saturated rings. The van der Waals surface area contributed by atoms with Crippen LogP contribution in [-0.4, -0.2) is 57.8 Å². The summed E-state index contributed by atoms with van der Waals surface area (Å²) in [7, 11) is 0. The smallest absolute Gasteiger partial charge is 0.228 e. The van der Waals surface area contributed by atoms with Crippen molar-refractivity contribution in [3.63, 3.8) is 0 Å². The summed E-state index contributed by atoms with van der Waals surface area (Å²) in [5.41, 5.74) is 1.53. The molecule has 0 aliphatic carbocycles. The summed E-state index contributed by atoms with van der Waals surface area (Å²) in [6.07, 6.45) is 4.73. The van der Waals surface area contributed by atoms with E-state index in [0.29, 0.717) is 18.7 Å². The van der Waals surface area contributed by atoms with Gasteiger partial charge in [0.1, 0.15) is 5.69 Å². The number of carbonyl (C=O) groups is 2. The molecule has 136 valence electrons. The van der Waals surface area contributed by atoms with E-state index < -0.39 is 0 Å². The first-order valence-corrected chi connectivity index (χ1v) is 10.0. The number of hydrogen-bond acceptors (Lipinski definition) is 6. The molecule has 0 radical (unpaired) electrons. The van der Waals surface area contributed by atoms with Crippen LogP contribution in [0.3, 0.4) is 0 Å². The zero-order valence-corrected chi connectivity index (χ0v) is 15.5. The van der Waals surface area contributed by atoms with Gasteiger partial charge in [-0.05, 0) is 36.8 Å². The number of amidine groups is 1. The van der Waals surface area contributed by atoms with E-state index in [9.17, 15) is 9.59 Å². The minimum atomic E-state index is -0.151. The second-order valence-corrected chi connectivity index (χ2v) is 7.67. The van der Waals surface area contributed by atoms with Gasteiger partial charge in [-0.15, -0.1) is 0 Å². The third-order valence-corrected chi connectivity index (χ3v) is 6.01. The van der Waals surface area contributed by atoms with Crippen LogP contribution in [0.1, 0.15) is 36.2 Å². The molecule has 1 saturated heterocycles. The molecule has 1 aromatic heterocycles. The number of thioether (sulfide) groups is 1. The largest absolute Gasteiger partial charge is 0.342 e. The Balaban J connectivity index is 1.38. The topological polar surface area (TPSA) is 65.9 Å². The Morgan fingerprint density at radius 1 is 1.23 bits per heavy atom. The molecular formula is C19H22N4O2S. The summed E-state index contributed by atoms with van der Waals surface area (Å²) >= 11 is 1.61. The minimum Gasteiger partial charge on any atom is -0.342 e. The number of carbonyl (C=O) groups excluding carboxylic acids is 2.